The number of methoxy groups -OCH3 is 2. The molecule has 1 aromatic carbocycles. The van der Waals surface area contributed by atoms with Crippen molar-refractivity contribution in [3.8, 4) is 11.5 Å². The summed E-state index contributed by atoms with van der Waals surface area (Å²) >= 11 is 0. The molecule has 4 nitrogen and oxygen atoms in total. The van der Waals surface area contributed by atoms with Crippen molar-refractivity contribution >= 4 is 0 Å². The van der Waals surface area contributed by atoms with Crippen molar-refractivity contribution < 1.29 is 9.47 Å². The van der Waals surface area contributed by atoms with Crippen molar-refractivity contribution in [1.82, 2.24) is 4.57 Å². The minimum Gasteiger partial charge on any atom is -0.497 e. The van der Waals surface area contributed by atoms with Crippen molar-refractivity contribution in [1.29, 1.82) is 0 Å². The molecule has 0 aliphatic rings. The van der Waals surface area contributed by atoms with Crippen LogP contribution in [0.15, 0.2) is 42.7 Å². The first-order valence-corrected chi connectivity index (χ1v) is 5.84. The molecule has 0 radical (unpaired) electrons. The number of rotatable bonds is 5. The summed E-state index contributed by atoms with van der Waals surface area (Å²) in [6.07, 6.45) is 4.00. The van der Waals surface area contributed by atoms with Crippen molar-refractivity contribution in [2.24, 2.45) is 5.73 Å². The Labute approximate surface area is 107 Å². The van der Waals surface area contributed by atoms with Gasteiger partial charge in [0.2, 0.25) is 0 Å². The highest BCUT2D eigenvalue weighted by atomic mass is 16.5. The van der Waals surface area contributed by atoms with Gasteiger partial charge < -0.3 is 19.8 Å². The second-order valence-corrected chi connectivity index (χ2v) is 3.99. The maximum atomic E-state index is 5.88. The van der Waals surface area contributed by atoms with E-state index in [4.69, 9.17) is 15.2 Å². The SMILES string of the molecule is COc1ccc(C(CN)n2cccc2)c(OC)c1. The number of hydrogen-bond donors (Lipinski definition) is 1. The third-order valence-corrected chi connectivity index (χ3v) is 3.01. The lowest BCUT2D eigenvalue weighted by molar-refractivity contribution is 0.386. The zero-order valence-corrected chi connectivity index (χ0v) is 10.7. The average molecular weight is 246 g/mol. The van der Waals surface area contributed by atoms with Crippen molar-refractivity contribution in [3.05, 3.63) is 48.3 Å². The lowest BCUT2D eigenvalue weighted by Crippen LogP contribution is -2.19. The molecule has 0 spiro atoms. The molecule has 0 amide bonds. The number of aromatic nitrogens is 1. The van der Waals surface area contributed by atoms with Gasteiger partial charge >= 0.3 is 0 Å². The van der Waals surface area contributed by atoms with Crippen LogP contribution in [0.1, 0.15) is 11.6 Å². The molecule has 2 rings (SSSR count). The summed E-state index contributed by atoms with van der Waals surface area (Å²) < 4.78 is 12.7. The Morgan fingerprint density at radius 2 is 1.89 bits per heavy atom. The average Bonchev–Trinajstić information content (AvgIpc) is 2.94. The number of ether oxygens (including phenoxy) is 2. The van der Waals surface area contributed by atoms with E-state index >= 15 is 0 Å². The molecule has 0 aliphatic carbocycles. The Hall–Kier alpha value is -1.94. The van der Waals surface area contributed by atoms with Crippen LogP contribution in [0.25, 0.3) is 0 Å². The number of benzene rings is 1. The normalized spacial score (nSPS) is 12.2. The molecule has 0 saturated heterocycles. The molecule has 0 fully saturated rings. The molecular formula is C14H18N2O2. The Kier molecular flexibility index (Phi) is 3.89. The molecule has 96 valence electrons. The Morgan fingerprint density at radius 3 is 2.44 bits per heavy atom. The molecule has 1 unspecified atom stereocenters. The fraction of sp³-hybridized carbons (Fsp3) is 0.286. The third-order valence-electron chi connectivity index (χ3n) is 3.01. The summed E-state index contributed by atoms with van der Waals surface area (Å²) in [6.45, 7) is 0.511. The highest BCUT2D eigenvalue weighted by Crippen LogP contribution is 2.31. The van der Waals surface area contributed by atoms with E-state index in [1.807, 2.05) is 42.7 Å². The molecule has 0 saturated carbocycles. The van der Waals surface area contributed by atoms with E-state index in [9.17, 15) is 0 Å². The van der Waals surface area contributed by atoms with Crippen LogP contribution >= 0.6 is 0 Å². The summed E-state index contributed by atoms with van der Waals surface area (Å²) in [6, 6.07) is 9.83. The summed E-state index contributed by atoms with van der Waals surface area (Å²) in [5.41, 5.74) is 6.94. The van der Waals surface area contributed by atoms with E-state index < -0.39 is 0 Å². The maximum absolute atomic E-state index is 5.88. The number of hydrogen-bond acceptors (Lipinski definition) is 3. The summed E-state index contributed by atoms with van der Waals surface area (Å²) in [5.74, 6) is 1.57. The van der Waals surface area contributed by atoms with E-state index in [-0.39, 0.29) is 6.04 Å². The standard InChI is InChI=1S/C14H18N2O2/c1-17-11-5-6-12(14(9-11)18-2)13(10-15)16-7-3-4-8-16/h3-9,13H,10,15H2,1-2H3. The largest absolute Gasteiger partial charge is 0.497 e. The van der Waals surface area contributed by atoms with Crippen molar-refractivity contribution in [2.45, 2.75) is 6.04 Å². The third kappa shape index (κ3) is 2.33. The van der Waals surface area contributed by atoms with E-state index in [0.717, 1.165) is 17.1 Å². The minimum atomic E-state index is 0.0702. The number of nitrogens with zero attached hydrogens (tertiary/aromatic N) is 1. The van der Waals surface area contributed by atoms with E-state index in [0.29, 0.717) is 6.54 Å². The fourth-order valence-electron chi connectivity index (χ4n) is 2.06. The predicted octanol–water partition coefficient (Wildman–Crippen LogP) is 2.05. The minimum absolute atomic E-state index is 0.0702. The monoisotopic (exact) mass is 246 g/mol. The lowest BCUT2D eigenvalue weighted by atomic mass is 10.1. The summed E-state index contributed by atoms with van der Waals surface area (Å²) in [5, 5.41) is 0. The predicted molar refractivity (Wildman–Crippen MR) is 71.2 cm³/mol. The molecule has 1 aromatic heterocycles. The number of nitrogens with two attached hydrogens (primary N) is 1. The van der Waals surface area contributed by atoms with Gasteiger partial charge in [-0.25, -0.2) is 0 Å². The van der Waals surface area contributed by atoms with Crippen molar-refractivity contribution in [2.75, 3.05) is 20.8 Å². The molecule has 1 atom stereocenters. The first kappa shape index (κ1) is 12.5. The van der Waals surface area contributed by atoms with Crippen LogP contribution in [0, 0.1) is 0 Å². The van der Waals surface area contributed by atoms with Crippen LogP contribution in [-0.2, 0) is 0 Å². The van der Waals surface area contributed by atoms with Gasteiger partial charge in [-0.1, -0.05) is 0 Å². The second kappa shape index (κ2) is 5.60. The highest BCUT2D eigenvalue weighted by Gasteiger charge is 2.16. The molecule has 2 aromatic rings. The highest BCUT2D eigenvalue weighted by molar-refractivity contribution is 5.43. The van der Waals surface area contributed by atoms with Gasteiger partial charge in [-0.2, -0.15) is 0 Å². The molecule has 0 bridgehead atoms. The second-order valence-electron chi connectivity index (χ2n) is 3.99. The van der Waals surface area contributed by atoms with E-state index in [2.05, 4.69) is 4.57 Å². The van der Waals surface area contributed by atoms with Gasteiger partial charge in [-0.05, 0) is 24.3 Å². The van der Waals surface area contributed by atoms with Crippen LogP contribution < -0.4 is 15.2 Å². The van der Waals surface area contributed by atoms with Crippen molar-refractivity contribution in [3.63, 3.8) is 0 Å². The van der Waals surface area contributed by atoms with Crippen LogP contribution in [0.4, 0.5) is 0 Å². The van der Waals surface area contributed by atoms with Gasteiger partial charge in [0, 0.05) is 30.6 Å². The van der Waals surface area contributed by atoms with Gasteiger partial charge in [0.15, 0.2) is 0 Å². The fourth-order valence-corrected chi connectivity index (χ4v) is 2.06. The first-order chi connectivity index (χ1) is 8.80. The summed E-state index contributed by atoms with van der Waals surface area (Å²) in [4.78, 5) is 0. The molecule has 1 heterocycles. The zero-order valence-electron chi connectivity index (χ0n) is 10.7. The quantitative estimate of drug-likeness (QED) is 0.878. The first-order valence-electron chi connectivity index (χ1n) is 5.84. The van der Waals surface area contributed by atoms with Gasteiger partial charge in [0.1, 0.15) is 11.5 Å². The van der Waals surface area contributed by atoms with E-state index in [1.165, 1.54) is 0 Å². The maximum Gasteiger partial charge on any atom is 0.127 e. The van der Waals surface area contributed by atoms with Crippen LogP contribution in [0.2, 0.25) is 0 Å². The zero-order chi connectivity index (χ0) is 13.0. The van der Waals surface area contributed by atoms with Gasteiger partial charge in [-0.3, -0.25) is 0 Å². The Bertz CT molecular complexity index is 495. The van der Waals surface area contributed by atoms with E-state index in [1.54, 1.807) is 14.2 Å². The summed E-state index contributed by atoms with van der Waals surface area (Å²) in [7, 11) is 3.29. The molecule has 18 heavy (non-hydrogen) atoms. The Balaban J connectivity index is 2.42. The molecule has 4 heteroatoms. The van der Waals surface area contributed by atoms with Gasteiger partial charge in [-0.15, -0.1) is 0 Å². The molecular weight excluding hydrogens is 228 g/mol. The van der Waals surface area contributed by atoms with Gasteiger partial charge in [0.25, 0.3) is 0 Å². The van der Waals surface area contributed by atoms with Crippen LogP contribution in [0.3, 0.4) is 0 Å². The molecule has 2 N–H and O–H groups in total. The smallest absolute Gasteiger partial charge is 0.127 e. The lowest BCUT2D eigenvalue weighted by Gasteiger charge is -2.20. The Morgan fingerprint density at radius 1 is 1.17 bits per heavy atom. The van der Waals surface area contributed by atoms with Crippen LogP contribution in [0.5, 0.6) is 11.5 Å². The molecule has 0 aliphatic heterocycles. The topological polar surface area (TPSA) is 49.4 Å². The van der Waals surface area contributed by atoms with Crippen LogP contribution in [-0.4, -0.2) is 25.3 Å². The van der Waals surface area contributed by atoms with Gasteiger partial charge in [0.05, 0.1) is 20.3 Å².